The van der Waals surface area contributed by atoms with E-state index in [-0.39, 0.29) is 5.96 Å². The molecule has 2 heterocycles. The van der Waals surface area contributed by atoms with Crippen LogP contribution in [0, 0.1) is 0 Å². The van der Waals surface area contributed by atoms with Crippen LogP contribution in [0.3, 0.4) is 0 Å². The Morgan fingerprint density at radius 3 is 3.00 bits per heavy atom. The second-order valence-electron chi connectivity index (χ2n) is 4.82. The van der Waals surface area contributed by atoms with Crippen LogP contribution in [-0.2, 0) is 19.5 Å². The van der Waals surface area contributed by atoms with Gasteiger partial charge in [-0.15, -0.1) is 5.10 Å². The van der Waals surface area contributed by atoms with Crippen molar-refractivity contribution in [3.63, 3.8) is 0 Å². The Morgan fingerprint density at radius 2 is 2.14 bits per heavy atom. The second kappa shape index (κ2) is 5.66. The monoisotopic (exact) mass is 283 g/mol. The maximum atomic E-state index is 5.29. The summed E-state index contributed by atoms with van der Waals surface area (Å²) in [5.74, 6) is 0.0587. The number of guanidine groups is 1. The van der Waals surface area contributed by atoms with Crippen LogP contribution in [-0.4, -0.2) is 25.9 Å². The first-order valence-electron chi connectivity index (χ1n) is 6.72. The Hall–Kier alpha value is -2.83. The van der Waals surface area contributed by atoms with E-state index in [2.05, 4.69) is 32.4 Å². The fourth-order valence-corrected chi connectivity index (χ4v) is 2.27. The van der Waals surface area contributed by atoms with Crippen LogP contribution in [0.25, 0.3) is 10.9 Å². The average Bonchev–Trinajstić information content (AvgIpc) is 3.10. The van der Waals surface area contributed by atoms with Gasteiger partial charge in [0.15, 0.2) is 5.96 Å². The van der Waals surface area contributed by atoms with Gasteiger partial charge in [0.05, 0.1) is 12.7 Å². The van der Waals surface area contributed by atoms with Crippen LogP contribution < -0.4 is 11.5 Å². The summed E-state index contributed by atoms with van der Waals surface area (Å²) in [7, 11) is 0. The van der Waals surface area contributed by atoms with Crippen molar-refractivity contribution in [2.75, 3.05) is 0 Å². The molecule has 0 aliphatic heterocycles. The van der Waals surface area contributed by atoms with Gasteiger partial charge in [-0.25, -0.2) is 4.99 Å². The summed E-state index contributed by atoms with van der Waals surface area (Å²) in [6.07, 6.45) is 4.79. The van der Waals surface area contributed by atoms with E-state index in [0.717, 1.165) is 24.2 Å². The molecule has 0 saturated carbocycles. The second-order valence-corrected chi connectivity index (χ2v) is 4.82. The Balaban J connectivity index is 1.66. The third-order valence-corrected chi connectivity index (χ3v) is 3.29. The van der Waals surface area contributed by atoms with Gasteiger partial charge in [0.2, 0.25) is 0 Å². The molecule has 5 N–H and O–H groups in total. The summed E-state index contributed by atoms with van der Waals surface area (Å²) in [5.41, 5.74) is 13.8. The number of para-hydroxylation sites is 1. The van der Waals surface area contributed by atoms with Crippen molar-refractivity contribution >= 4 is 16.9 Å². The van der Waals surface area contributed by atoms with E-state index in [0.29, 0.717) is 6.54 Å². The number of aromatic nitrogens is 4. The molecule has 0 aliphatic rings. The van der Waals surface area contributed by atoms with Gasteiger partial charge in [-0.1, -0.05) is 23.4 Å². The summed E-state index contributed by atoms with van der Waals surface area (Å²) in [4.78, 5) is 7.18. The number of nitrogens with two attached hydrogens (primary N) is 2. The SMILES string of the molecule is NC(N)=NCc1cn(CCc2c[nH]c3ccccc23)nn1. The van der Waals surface area contributed by atoms with Crippen molar-refractivity contribution in [3.8, 4) is 0 Å². The number of rotatable bonds is 5. The van der Waals surface area contributed by atoms with Gasteiger partial charge in [-0.3, -0.25) is 4.68 Å². The molecule has 0 fully saturated rings. The Bertz CT molecular complexity index is 764. The lowest BCUT2D eigenvalue weighted by atomic mass is 10.1. The zero-order chi connectivity index (χ0) is 14.7. The van der Waals surface area contributed by atoms with E-state index >= 15 is 0 Å². The number of aliphatic imine (C=N–C) groups is 1. The molecule has 0 spiro atoms. The van der Waals surface area contributed by atoms with E-state index in [1.807, 2.05) is 24.5 Å². The van der Waals surface area contributed by atoms with Gasteiger partial charge in [-0.2, -0.15) is 0 Å². The molecular formula is C14H17N7. The minimum atomic E-state index is 0.0587. The van der Waals surface area contributed by atoms with Crippen LogP contribution in [0.4, 0.5) is 0 Å². The number of aryl methyl sites for hydroxylation is 2. The standard InChI is InChI=1S/C14H17N7/c15-14(16)18-8-11-9-21(20-19-11)6-5-10-7-17-13-4-2-1-3-12(10)13/h1-4,7,9,17H,5-6,8H2,(H4,15,16,18). The first kappa shape index (κ1) is 13.2. The van der Waals surface area contributed by atoms with Gasteiger partial charge < -0.3 is 16.5 Å². The van der Waals surface area contributed by atoms with Crippen molar-refractivity contribution < 1.29 is 0 Å². The van der Waals surface area contributed by atoms with E-state index in [1.165, 1.54) is 10.9 Å². The van der Waals surface area contributed by atoms with Crippen molar-refractivity contribution in [1.29, 1.82) is 0 Å². The zero-order valence-electron chi connectivity index (χ0n) is 11.5. The molecule has 3 aromatic rings. The average molecular weight is 283 g/mol. The number of fused-ring (bicyclic) bond motifs is 1. The Labute approximate surface area is 121 Å². The number of aromatic amines is 1. The molecule has 7 heteroatoms. The van der Waals surface area contributed by atoms with E-state index in [4.69, 9.17) is 11.5 Å². The quantitative estimate of drug-likeness (QED) is 0.474. The van der Waals surface area contributed by atoms with E-state index in [1.54, 1.807) is 4.68 Å². The highest BCUT2D eigenvalue weighted by atomic mass is 15.4. The summed E-state index contributed by atoms with van der Waals surface area (Å²) in [6.45, 7) is 1.12. The maximum Gasteiger partial charge on any atom is 0.186 e. The minimum Gasteiger partial charge on any atom is -0.370 e. The maximum absolute atomic E-state index is 5.29. The fraction of sp³-hybridized carbons (Fsp3) is 0.214. The highest BCUT2D eigenvalue weighted by Crippen LogP contribution is 2.18. The molecule has 0 bridgehead atoms. The van der Waals surface area contributed by atoms with Gasteiger partial charge in [0.1, 0.15) is 5.69 Å². The molecule has 108 valence electrons. The van der Waals surface area contributed by atoms with Gasteiger partial charge in [-0.05, 0) is 18.1 Å². The molecule has 1 aromatic carbocycles. The smallest absolute Gasteiger partial charge is 0.186 e. The Morgan fingerprint density at radius 1 is 1.29 bits per heavy atom. The molecule has 0 radical (unpaired) electrons. The zero-order valence-corrected chi connectivity index (χ0v) is 11.5. The Kier molecular flexibility index (Phi) is 3.55. The van der Waals surface area contributed by atoms with Gasteiger partial charge in [0, 0.05) is 23.6 Å². The minimum absolute atomic E-state index is 0.0587. The molecular weight excluding hydrogens is 266 g/mol. The summed E-state index contributed by atoms with van der Waals surface area (Å²) >= 11 is 0. The van der Waals surface area contributed by atoms with E-state index in [9.17, 15) is 0 Å². The third kappa shape index (κ3) is 3.02. The summed E-state index contributed by atoms with van der Waals surface area (Å²) < 4.78 is 1.80. The van der Waals surface area contributed by atoms with E-state index < -0.39 is 0 Å². The topological polar surface area (TPSA) is 111 Å². The largest absolute Gasteiger partial charge is 0.370 e. The van der Waals surface area contributed by atoms with Crippen LogP contribution in [0.2, 0.25) is 0 Å². The van der Waals surface area contributed by atoms with Crippen molar-refractivity contribution in [2.24, 2.45) is 16.5 Å². The molecule has 0 atom stereocenters. The number of nitrogens with one attached hydrogen (secondary N) is 1. The lowest BCUT2D eigenvalue weighted by Gasteiger charge is -1.99. The molecule has 7 nitrogen and oxygen atoms in total. The molecule has 0 amide bonds. The molecule has 3 rings (SSSR count). The summed E-state index contributed by atoms with van der Waals surface area (Å²) in [5, 5.41) is 9.37. The highest BCUT2D eigenvalue weighted by molar-refractivity contribution is 5.83. The van der Waals surface area contributed by atoms with Crippen LogP contribution in [0.15, 0.2) is 41.7 Å². The first-order valence-corrected chi connectivity index (χ1v) is 6.72. The van der Waals surface area contributed by atoms with Crippen molar-refractivity contribution in [2.45, 2.75) is 19.5 Å². The molecule has 0 saturated heterocycles. The lowest BCUT2D eigenvalue weighted by Crippen LogP contribution is -2.22. The molecule has 0 aliphatic carbocycles. The van der Waals surface area contributed by atoms with Crippen LogP contribution in [0.1, 0.15) is 11.3 Å². The number of nitrogens with zero attached hydrogens (tertiary/aromatic N) is 4. The third-order valence-electron chi connectivity index (χ3n) is 3.29. The predicted octanol–water partition coefficient (Wildman–Crippen LogP) is 0.775. The van der Waals surface area contributed by atoms with Gasteiger partial charge in [0.25, 0.3) is 0 Å². The predicted molar refractivity (Wildman–Crippen MR) is 81.5 cm³/mol. The number of benzene rings is 1. The number of H-pyrrole nitrogens is 1. The highest BCUT2D eigenvalue weighted by Gasteiger charge is 2.04. The van der Waals surface area contributed by atoms with Crippen molar-refractivity contribution in [3.05, 3.63) is 47.9 Å². The van der Waals surface area contributed by atoms with Crippen molar-refractivity contribution in [1.82, 2.24) is 20.0 Å². The van der Waals surface area contributed by atoms with Crippen LogP contribution in [0.5, 0.6) is 0 Å². The fourth-order valence-electron chi connectivity index (χ4n) is 2.27. The number of hydrogen-bond acceptors (Lipinski definition) is 3. The molecule has 0 unspecified atom stereocenters. The lowest BCUT2D eigenvalue weighted by molar-refractivity contribution is 0.590. The normalized spacial score (nSPS) is 10.9. The molecule has 21 heavy (non-hydrogen) atoms. The molecule has 2 aromatic heterocycles. The van der Waals surface area contributed by atoms with Crippen LogP contribution >= 0.6 is 0 Å². The first-order chi connectivity index (χ1) is 10.2. The number of hydrogen-bond donors (Lipinski definition) is 3. The summed E-state index contributed by atoms with van der Waals surface area (Å²) in [6, 6.07) is 8.26. The van der Waals surface area contributed by atoms with Gasteiger partial charge >= 0.3 is 0 Å².